The molecule has 1 rings (SSSR count). The minimum Gasteiger partial charge on any atom is -0.386 e. The van der Waals surface area contributed by atoms with Gasteiger partial charge in [0, 0.05) is 26.4 Å². The van der Waals surface area contributed by atoms with Crippen LogP contribution in [0.2, 0.25) is 0 Å². The Balaban J connectivity index is 2.97. The van der Waals surface area contributed by atoms with E-state index in [0.29, 0.717) is 12.3 Å². The molecule has 0 spiro atoms. The van der Waals surface area contributed by atoms with Crippen molar-refractivity contribution in [2.24, 2.45) is 0 Å². The van der Waals surface area contributed by atoms with Crippen molar-refractivity contribution in [3.63, 3.8) is 0 Å². The number of hydrogen-bond acceptors (Lipinski definition) is 5. The maximum atomic E-state index is 12.0. The number of nitrogens with one attached hydrogen (secondary N) is 2. The maximum absolute atomic E-state index is 12.0. The zero-order valence-corrected chi connectivity index (χ0v) is 10.9. The van der Waals surface area contributed by atoms with E-state index >= 15 is 0 Å². The first-order valence-electron chi connectivity index (χ1n) is 5.15. The van der Waals surface area contributed by atoms with Gasteiger partial charge in [-0.3, -0.25) is 0 Å². The van der Waals surface area contributed by atoms with Gasteiger partial charge in [-0.05, 0) is 19.1 Å². The highest BCUT2D eigenvalue weighted by molar-refractivity contribution is 7.89. The van der Waals surface area contributed by atoms with Gasteiger partial charge in [-0.1, -0.05) is 0 Å². The van der Waals surface area contributed by atoms with Gasteiger partial charge in [-0.25, -0.2) is 18.1 Å². The van der Waals surface area contributed by atoms with E-state index in [2.05, 4.69) is 15.0 Å². The van der Waals surface area contributed by atoms with Crippen LogP contribution in [0.15, 0.2) is 23.4 Å². The van der Waals surface area contributed by atoms with Gasteiger partial charge < -0.3 is 10.1 Å². The Kier molecular flexibility index (Phi) is 4.86. The van der Waals surface area contributed by atoms with Gasteiger partial charge in [-0.2, -0.15) is 0 Å². The van der Waals surface area contributed by atoms with Crippen molar-refractivity contribution < 1.29 is 13.2 Å². The minimum atomic E-state index is -3.63. The molecule has 0 saturated carbocycles. The lowest BCUT2D eigenvalue weighted by atomic mass is 10.4. The van der Waals surface area contributed by atoms with E-state index in [9.17, 15) is 8.42 Å². The molecule has 0 saturated heterocycles. The highest BCUT2D eigenvalue weighted by Gasteiger charge is 2.21. The summed E-state index contributed by atoms with van der Waals surface area (Å²) in [6.07, 6.45) is 1.44. The highest BCUT2D eigenvalue weighted by atomic mass is 32.2. The normalized spacial score (nSPS) is 13.4. The summed E-state index contributed by atoms with van der Waals surface area (Å²) in [5.74, 6) is 0. The molecule has 1 aromatic heterocycles. The van der Waals surface area contributed by atoms with E-state index in [1.54, 1.807) is 26.1 Å². The van der Waals surface area contributed by atoms with Crippen molar-refractivity contribution in [2.75, 3.05) is 26.1 Å². The Labute approximate surface area is 101 Å². The summed E-state index contributed by atoms with van der Waals surface area (Å²) in [7, 11) is -0.462. The summed E-state index contributed by atoms with van der Waals surface area (Å²) < 4.78 is 31.4. The summed E-state index contributed by atoms with van der Waals surface area (Å²) in [6.45, 7) is 2.03. The van der Waals surface area contributed by atoms with E-state index in [4.69, 9.17) is 4.74 Å². The van der Waals surface area contributed by atoms with Crippen LogP contribution in [0.25, 0.3) is 0 Å². The van der Waals surface area contributed by atoms with Crippen molar-refractivity contribution in [3.8, 4) is 0 Å². The average Bonchev–Trinajstić information content (AvgIpc) is 2.28. The number of sulfonamides is 1. The average molecular weight is 259 g/mol. The van der Waals surface area contributed by atoms with Gasteiger partial charge in [-0.15, -0.1) is 0 Å². The van der Waals surface area contributed by atoms with E-state index in [1.165, 1.54) is 13.3 Å². The van der Waals surface area contributed by atoms with Crippen LogP contribution >= 0.6 is 0 Å². The lowest BCUT2D eigenvalue weighted by molar-refractivity contribution is 0.180. The van der Waals surface area contributed by atoms with Crippen LogP contribution in [0.4, 0.5) is 5.69 Å². The van der Waals surface area contributed by atoms with Crippen LogP contribution in [0.1, 0.15) is 6.92 Å². The molecule has 1 atom stereocenters. The van der Waals surface area contributed by atoms with E-state index in [-0.39, 0.29) is 11.1 Å². The number of ether oxygens (including phenoxy) is 1. The fraction of sp³-hybridized carbons (Fsp3) is 0.500. The maximum Gasteiger partial charge on any atom is 0.260 e. The Bertz CT molecular complexity index is 462. The Hall–Kier alpha value is -1.18. The second-order valence-corrected chi connectivity index (χ2v) is 5.21. The molecular formula is C10H17N3O3S. The SMILES string of the molecule is CNc1cccnc1S(=O)(=O)NC(C)COC. The summed E-state index contributed by atoms with van der Waals surface area (Å²) in [5.41, 5.74) is 0.463. The van der Waals surface area contributed by atoms with E-state index in [0.717, 1.165) is 0 Å². The molecule has 17 heavy (non-hydrogen) atoms. The molecule has 96 valence electrons. The number of pyridine rings is 1. The predicted octanol–water partition coefficient (Wildman–Crippen LogP) is 0.436. The zero-order valence-electron chi connectivity index (χ0n) is 10.1. The monoisotopic (exact) mass is 259 g/mol. The Morgan fingerprint density at radius 3 is 2.82 bits per heavy atom. The fourth-order valence-corrected chi connectivity index (χ4v) is 2.77. The lowest BCUT2D eigenvalue weighted by Crippen LogP contribution is -2.36. The lowest BCUT2D eigenvalue weighted by Gasteiger charge is -2.14. The van der Waals surface area contributed by atoms with Crippen LogP contribution < -0.4 is 10.0 Å². The standard InChI is InChI=1S/C10H17N3O3S/c1-8(7-16-3)13-17(14,15)10-9(11-2)5-4-6-12-10/h4-6,8,11,13H,7H2,1-3H3. The second-order valence-electron chi connectivity index (χ2n) is 3.58. The van der Waals surface area contributed by atoms with Gasteiger partial charge in [0.2, 0.25) is 0 Å². The number of anilines is 1. The summed E-state index contributed by atoms with van der Waals surface area (Å²) in [5, 5.41) is 2.79. The van der Waals surface area contributed by atoms with Crippen LogP contribution in [0.5, 0.6) is 0 Å². The van der Waals surface area contributed by atoms with E-state index < -0.39 is 10.0 Å². The predicted molar refractivity (Wildman–Crippen MR) is 65.4 cm³/mol. The van der Waals surface area contributed by atoms with E-state index in [1.807, 2.05) is 0 Å². The van der Waals surface area contributed by atoms with Crippen LogP contribution in [-0.2, 0) is 14.8 Å². The molecule has 0 bridgehead atoms. The summed E-state index contributed by atoms with van der Waals surface area (Å²) in [6, 6.07) is 3.02. The van der Waals surface area contributed by atoms with Crippen molar-refractivity contribution in [2.45, 2.75) is 18.0 Å². The highest BCUT2D eigenvalue weighted by Crippen LogP contribution is 2.17. The molecule has 6 nitrogen and oxygen atoms in total. The molecule has 2 N–H and O–H groups in total. The Morgan fingerprint density at radius 2 is 2.24 bits per heavy atom. The molecule has 0 amide bonds. The number of hydrogen-bond donors (Lipinski definition) is 2. The minimum absolute atomic E-state index is 0.00884. The van der Waals surface area contributed by atoms with Crippen molar-refractivity contribution in [1.82, 2.24) is 9.71 Å². The van der Waals surface area contributed by atoms with Gasteiger partial charge in [0.25, 0.3) is 10.0 Å². The Morgan fingerprint density at radius 1 is 1.53 bits per heavy atom. The van der Waals surface area contributed by atoms with Gasteiger partial charge in [0.15, 0.2) is 5.03 Å². The largest absolute Gasteiger partial charge is 0.386 e. The molecule has 0 aliphatic heterocycles. The van der Waals surface area contributed by atoms with Crippen molar-refractivity contribution in [1.29, 1.82) is 0 Å². The van der Waals surface area contributed by atoms with Crippen LogP contribution in [0, 0.1) is 0 Å². The van der Waals surface area contributed by atoms with Crippen LogP contribution in [-0.4, -0.2) is 40.2 Å². The fourth-order valence-electron chi connectivity index (χ4n) is 1.40. The molecule has 7 heteroatoms. The molecule has 1 aromatic rings. The summed E-state index contributed by atoms with van der Waals surface area (Å²) in [4.78, 5) is 3.88. The first-order valence-corrected chi connectivity index (χ1v) is 6.63. The molecule has 0 fully saturated rings. The number of methoxy groups -OCH3 is 1. The molecule has 1 heterocycles. The molecular weight excluding hydrogens is 242 g/mol. The smallest absolute Gasteiger partial charge is 0.260 e. The first-order chi connectivity index (χ1) is 8.01. The van der Waals surface area contributed by atoms with Crippen molar-refractivity contribution in [3.05, 3.63) is 18.3 Å². The third-order valence-electron chi connectivity index (χ3n) is 2.07. The zero-order chi connectivity index (χ0) is 12.9. The number of rotatable bonds is 6. The third kappa shape index (κ3) is 3.65. The van der Waals surface area contributed by atoms with Crippen LogP contribution in [0.3, 0.4) is 0 Å². The third-order valence-corrected chi connectivity index (χ3v) is 3.62. The van der Waals surface area contributed by atoms with Crippen molar-refractivity contribution >= 4 is 15.7 Å². The summed E-state index contributed by atoms with van der Waals surface area (Å²) >= 11 is 0. The molecule has 0 aromatic carbocycles. The quantitative estimate of drug-likeness (QED) is 0.774. The molecule has 0 aliphatic carbocycles. The molecule has 0 aliphatic rings. The molecule has 1 unspecified atom stereocenters. The van der Waals surface area contributed by atoms with Gasteiger partial charge in [0.05, 0.1) is 12.3 Å². The van der Waals surface area contributed by atoms with Gasteiger partial charge in [0.1, 0.15) is 0 Å². The molecule has 0 radical (unpaired) electrons. The van der Waals surface area contributed by atoms with Gasteiger partial charge >= 0.3 is 0 Å². The topological polar surface area (TPSA) is 80.3 Å². The first kappa shape index (κ1) is 13.9. The number of aromatic nitrogens is 1. The number of nitrogens with zero attached hydrogens (tertiary/aromatic N) is 1. The second kappa shape index (κ2) is 5.95.